The molecule has 0 spiro atoms. The van der Waals surface area contributed by atoms with Crippen LogP contribution in [0.15, 0.2) is 58.3 Å². The minimum atomic E-state index is -0.357. The Labute approximate surface area is 180 Å². The molecule has 1 aromatic heterocycles. The standard InChI is InChI=1S/C23H27NO3S2/c25-17-9-5-3-1-2-4-6-12-22-23(20-10-7-8-11-21(20)29-22)28-19-15-13-18(14-16-19)24(26)27/h7-8,10-11,13-16,25H,1-6,9,12,17H2. The Morgan fingerprint density at radius 3 is 2.24 bits per heavy atom. The van der Waals surface area contributed by atoms with E-state index in [1.807, 2.05) is 23.5 Å². The van der Waals surface area contributed by atoms with Gasteiger partial charge in [0.1, 0.15) is 0 Å². The minimum absolute atomic E-state index is 0.128. The van der Waals surface area contributed by atoms with Gasteiger partial charge in [0.2, 0.25) is 0 Å². The van der Waals surface area contributed by atoms with Gasteiger partial charge >= 0.3 is 0 Å². The highest BCUT2D eigenvalue weighted by Gasteiger charge is 2.14. The SMILES string of the molecule is O=[N+]([O-])c1ccc(Sc2c(CCCCCCCCCO)sc3ccccc23)cc1. The largest absolute Gasteiger partial charge is 0.396 e. The number of non-ortho nitro benzene ring substituents is 1. The first-order chi connectivity index (χ1) is 14.2. The molecule has 0 amide bonds. The molecule has 0 unspecified atom stereocenters. The number of nitrogens with zero attached hydrogens (tertiary/aromatic N) is 1. The lowest BCUT2D eigenvalue weighted by Gasteiger charge is -2.06. The number of fused-ring (bicyclic) bond motifs is 1. The molecule has 0 fully saturated rings. The zero-order chi connectivity index (χ0) is 20.5. The normalized spacial score (nSPS) is 11.2. The molecule has 0 atom stereocenters. The summed E-state index contributed by atoms with van der Waals surface area (Å²) in [6.45, 7) is 0.307. The second-order valence-corrected chi connectivity index (χ2v) is 9.37. The third kappa shape index (κ3) is 6.29. The monoisotopic (exact) mass is 429 g/mol. The van der Waals surface area contributed by atoms with E-state index in [9.17, 15) is 10.1 Å². The average molecular weight is 430 g/mol. The van der Waals surface area contributed by atoms with Gasteiger partial charge in [0, 0.05) is 43.5 Å². The highest BCUT2D eigenvalue weighted by molar-refractivity contribution is 7.99. The number of nitro benzene ring substituents is 1. The van der Waals surface area contributed by atoms with Gasteiger partial charge in [0.05, 0.1) is 4.92 Å². The van der Waals surface area contributed by atoms with Crippen LogP contribution in [0.3, 0.4) is 0 Å². The number of rotatable bonds is 12. The molecule has 1 heterocycles. The van der Waals surface area contributed by atoms with Crippen LogP contribution in [0.1, 0.15) is 49.8 Å². The Hall–Kier alpha value is -1.89. The maximum atomic E-state index is 10.9. The predicted molar refractivity (Wildman–Crippen MR) is 122 cm³/mol. The van der Waals surface area contributed by atoms with Gasteiger partial charge in [-0.3, -0.25) is 10.1 Å². The van der Waals surface area contributed by atoms with Crippen LogP contribution in [0.5, 0.6) is 0 Å². The second kappa shape index (κ2) is 11.3. The van der Waals surface area contributed by atoms with E-state index in [-0.39, 0.29) is 10.6 Å². The van der Waals surface area contributed by atoms with Crippen molar-refractivity contribution in [3.05, 3.63) is 63.5 Å². The molecule has 6 heteroatoms. The van der Waals surface area contributed by atoms with E-state index >= 15 is 0 Å². The third-order valence-corrected chi connectivity index (χ3v) is 7.49. The summed E-state index contributed by atoms with van der Waals surface area (Å²) in [4.78, 5) is 14.3. The van der Waals surface area contributed by atoms with Crippen molar-refractivity contribution >= 4 is 38.9 Å². The van der Waals surface area contributed by atoms with Crippen molar-refractivity contribution in [1.29, 1.82) is 0 Å². The number of nitro groups is 1. The van der Waals surface area contributed by atoms with Crippen LogP contribution in [0.4, 0.5) is 5.69 Å². The van der Waals surface area contributed by atoms with Crippen molar-refractivity contribution in [3.63, 3.8) is 0 Å². The Balaban J connectivity index is 1.64. The van der Waals surface area contributed by atoms with Crippen molar-refractivity contribution in [3.8, 4) is 0 Å². The van der Waals surface area contributed by atoms with Crippen LogP contribution in [0.25, 0.3) is 10.1 Å². The quantitative estimate of drug-likeness (QED) is 0.187. The summed E-state index contributed by atoms with van der Waals surface area (Å²) >= 11 is 3.58. The summed E-state index contributed by atoms with van der Waals surface area (Å²) in [6, 6.07) is 15.3. The molecule has 0 bridgehead atoms. The molecule has 3 aromatic rings. The number of benzene rings is 2. The van der Waals surface area contributed by atoms with Crippen molar-refractivity contribution < 1.29 is 10.0 Å². The van der Waals surface area contributed by atoms with Crippen molar-refractivity contribution in [1.82, 2.24) is 0 Å². The molecular weight excluding hydrogens is 402 g/mol. The fourth-order valence-corrected chi connectivity index (χ4v) is 5.85. The van der Waals surface area contributed by atoms with Gasteiger partial charge in [0.25, 0.3) is 5.69 Å². The predicted octanol–water partition coefficient (Wildman–Crippen LogP) is 7.23. The first-order valence-corrected chi connectivity index (χ1v) is 11.9. The summed E-state index contributed by atoms with van der Waals surface area (Å²) in [6.07, 6.45) is 9.25. The van der Waals surface area contributed by atoms with E-state index in [1.54, 1.807) is 23.9 Å². The number of hydrogen-bond donors (Lipinski definition) is 1. The van der Waals surface area contributed by atoms with Gasteiger partial charge in [-0.2, -0.15) is 0 Å². The summed E-state index contributed by atoms with van der Waals surface area (Å²) in [7, 11) is 0. The molecule has 2 aromatic carbocycles. The molecule has 29 heavy (non-hydrogen) atoms. The van der Waals surface area contributed by atoms with Crippen molar-refractivity contribution in [2.45, 2.75) is 61.2 Å². The molecule has 0 aliphatic rings. The lowest BCUT2D eigenvalue weighted by molar-refractivity contribution is -0.384. The van der Waals surface area contributed by atoms with Gasteiger partial charge in [-0.15, -0.1) is 11.3 Å². The topological polar surface area (TPSA) is 63.4 Å². The summed E-state index contributed by atoms with van der Waals surface area (Å²) < 4.78 is 1.30. The van der Waals surface area contributed by atoms with Crippen molar-refractivity contribution in [2.75, 3.05) is 6.61 Å². The number of aliphatic hydroxyl groups excluding tert-OH is 1. The molecule has 0 aliphatic heterocycles. The van der Waals surface area contributed by atoms with E-state index in [0.29, 0.717) is 6.61 Å². The van der Waals surface area contributed by atoms with E-state index < -0.39 is 0 Å². The fraction of sp³-hybridized carbons (Fsp3) is 0.391. The first-order valence-electron chi connectivity index (χ1n) is 10.2. The number of aryl methyl sites for hydroxylation is 1. The molecule has 4 nitrogen and oxygen atoms in total. The highest BCUT2D eigenvalue weighted by Crippen LogP contribution is 2.42. The van der Waals surface area contributed by atoms with E-state index in [0.717, 1.165) is 24.2 Å². The minimum Gasteiger partial charge on any atom is -0.396 e. The van der Waals surface area contributed by atoms with Gasteiger partial charge < -0.3 is 5.11 Å². The lowest BCUT2D eigenvalue weighted by Crippen LogP contribution is -1.88. The number of unbranched alkanes of at least 4 members (excludes halogenated alkanes) is 6. The fourth-order valence-electron chi connectivity index (χ4n) is 3.38. The molecule has 0 aliphatic carbocycles. The Morgan fingerprint density at radius 1 is 0.897 bits per heavy atom. The molecule has 3 rings (SSSR count). The van der Waals surface area contributed by atoms with Gasteiger partial charge in [0.15, 0.2) is 0 Å². The molecule has 1 N–H and O–H groups in total. The van der Waals surface area contributed by atoms with Crippen LogP contribution in [-0.4, -0.2) is 16.6 Å². The zero-order valence-corrected chi connectivity index (χ0v) is 18.1. The van der Waals surface area contributed by atoms with Crippen LogP contribution in [0, 0.1) is 10.1 Å². The number of thiophene rings is 1. The second-order valence-electron chi connectivity index (χ2n) is 7.15. The maximum absolute atomic E-state index is 10.9. The van der Waals surface area contributed by atoms with Crippen LogP contribution >= 0.6 is 23.1 Å². The number of hydrogen-bond acceptors (Lipinski definition) is 5. The van der Waals surface area contributed by atoms with Crippen LogP contribution < -0.4 is 0 Å². The van der Waals surface area contributed by atoms with E-state index in [2.05, 4.69) is 24.3 Å². The average Bonchev–Trinajstić information content (AvgIpc) is 3.08. The van der Waals surface area contributed by atoms with Crippen molar-refractivity contribution in [2.24, 2.45) is 0 Å². The lowest BCUT2D eigenvalue weighted by atomic mass is 10.1. The molecule has 0 saturated carbocycles. The smallest absolute Gasteiger partial charge is 0.269 e. The Kier molecular flexibility index (Phi) is 8.52. The van der Waals surface area contributed by atoms with Crippen LogP contribution in [0.2, 0.25) is 0 Å². The number of aliphatic hydroxyl groups is 1. The summed E-state index contributed by atoms with van der Waals surface area (Å²) in [5.41, 5.74) is 0.128. The zero-order valence-electron chi connectivity index (χ0n) is 16.5. The van der Waals surface area contributed by atoms with Gasteiger partial charge in [-0.05, 0) is 37.5 Å². The maximum Gasteiger partial charge on any atom is 0.269 e. The highest BCUT2D eigenvalue weighted by atomic mass is 32.2. The summed E-state index contributed by atoms with van der Waals surface area (Å²) in [5.74, 6) is 0. The molecule has 154 valence electrons. The molecule has 0 saturated heterocycles. The molecule has 0 radical (unpaired) electrons. The van der Waals surface area contributed by atoms with Gasteiger partial charge in [-0.1, -0.05) is 62.1 Å². The Bertz CT molecular complexity index is 922. The Morgan fingerprint density at radius 2 is 1.55 bits per heavy atom. The molecular formula is C23H27NO3S2. The van der Waals surface area contributed by atoms with Gasteiger partial charge in [-0.25, -0.2) is 0 Å². The van der Waals surface area contributed by atoms with Crippen LogP contribution in [-0.2, 0) is 6.42 Å². The first kappa shape index (κ1) is 21.8. The third-order valence-electron chi connectivity index (χ3n) is 4.95. The summed E-state index contributed by atoms with van der Waals surface area (Å²) in [5, 5.41) is 21.0. The van der Waals surface area contributed by atoms with E-state index in [1.165, 1.54) is 52.0 Å². The van der Waals surface area contributed by atoms with E-state index in [4.69, 9.17) is 5.11 Å².